The van der Waals surface area contributed by atoms with Crippen molar-refractivity contribution in [1.82, 2.24) is 4.90 Å². The van der Waals surface area contributed by atoms with Gasteiger partial charge in [-0.2, -0.15) is 0 Å². The third kappa shape index (κ3) is 1.90. The lowest BCUT2D eigenvalue weighted by Gasteiger charge is -2.35. The topological polar surface area (TPSA) is 29.5 Å². The van der Waals surface area contributed by atoms with Crippen molar-refractivity contribution in [3.05, 3.63) is 35.4 Å². The van der Waals surface area contributed by atoms with Gasteiger partial charge in [0.2, 0.25) is 0 Å². The highest BCUT2D eigenvalue weighted by Gasteiger charge is 2.31. The van der Waals surface area contributed by atoms with Gasteiger partial charge in [0, 0.05) is 19.5 Å². The average Bonchev–Trinajstić information content (AvgIpc) is 2.26. The Kier molecular flexibility index (Phi) is 2.86. The maximum Gasteiger partial charge on any atom is 0.410 e. The summed E-state index contributed by atoms with van der Waals surface area (Å²) in [7, 11) is 1.78. The molecule has 0 spiro atoms. The molecule has 1 aromatic rings. The van der Waals surface area contributed by atoms with Gasteiger partial charge in [-0.05, 0) is 25.0 Å². The SMILES string of the molecule is Cc1ccccc1[C@H]1C[C@@H](C)N(C)C(=O)O1. The van der Waals surface area contributed by atoms with E-state index in [9.17, 15) is 4.79 Å². The van der Waals surface area contributed by atoms with Crippen LogP contribution >= 0.6 is 0 Å². The second-order valence-corrected chi connectivity index (χ2v) is 4.42. The van der Waals surface area contributed by atoms with E-state index < -0.39 is 0 Å². The normalized spacial score (nSPS) is 25.4. The molecule has 2 atom stereocenters. The van der Waals surface area contributed by atoms with Crippen LogP contribution in [0.15, 0.2) is 24.3 Å². The zero-order chi connectivity index (χ0) is 11.7. The van der Waals surface area contributed by atoms with Crippen molar-refractivity contribution in [2.75, 3.05) is 7.05 Å². The van der Waals surface area contributed by atoms with Gasteiger partial charge < -0.3 is 9.64 Å². The lowest BCUT2D eigenvalue weighted by molar-refractivity contribution is 0.0110. The molecule has 1 aromatic carbocycles. The lowest BCUT2D eigenvalue weighted by Crippen LogP contribution is -2.42. The van der Waals surface area contributed by atoms with E-state index in [0.717, 1.165) is 12.0 Å². The minimum absolute atomic E-state index is 0.0973. The monoisotopic (exact) mass is 219 g/mol. The molecule has 1 heterocycles. The molecule has 1 aliphatic heterocycles. The van der Waals surface area contributed by atoms with Crippen LogP contribution in [0.2, 0.25) is 0 Å². The van der Waals surface area contributed by atoms with Crippen molar-refractivity contribution in [3.8, 4) is 0 Å². The van der Waals surface area contributed by atoms with Gasteiger partial charge in [-0.3, -0.25) is 0 Å². The molecule has 0 unspecified atom stereocenters. The number of carbonyl (C=O) groups is 1. The molecule has 16 heavy (non-hydrogen) atoms. The van der Waals surface area contributed by atoms with E-state index in [-0.39, 0.29) is 18.2 Å². The summed E-state index contributed by atoms with van der Waals surface area (Å²) in [4.78, 5) is 13.3. The molecule has 0 aromatic heterocycles. The fraction of sp³-hybridized carbons (Fsp3) is 0.462. The zero-order valence-corrected chi connectivity index (χ0v) is 9.93. The van der Waals surface area contributed by atoms with Crippen molar-refractivity contribution in [2.45, 2.75) is 32.4 Å². The molecular weight excluding hydrogens is 202 g/mol. The van der Waals surface area contributed by atoms with E-state index in [1.807, 2.05) is 38.1 Å². The van der Waals surface area contributed by atoms with E-state index in [4.69, 9.17) is 4.74 Å². The van der Waals surface area contributed by atoms with Crippen LogP contribution in [-0.4, -0.2) is 24.1 Å². The Bertz CT molecular complexity index is 403. The van der Waals surface area contributed by atoms with Crippen LogP contribution in [-0.2, 0) is 4.74 Å². The van der Waals surface area contributed by atoms with Gasteiger partial charge >= 0.3 is 6.09 Å². The minimum atomic E-state index is -0.230. The fourth-order valence-electron chi connectivity index (χ4n) is 2.04. The minimum Gasteiger partial charge on any atom is -0.441 e. The number of hydrogen-bond acceptors (Lipinski definition) is 2. The number of cyclic esters (lactones) is 1. The predicted octanol–water partition coefficient (Wildman–Crippen LogP) is 2.90. The number of ether oxygens (including phenoxy) is 1. The molecule has 0 bridgehead atoms. The molecule has 1 aliphatic rings. The van der Waals surface area contributed by atoms with E-state index >= 15 is 0 Å². The van der Waals surface area contributed by atoms with E-state index in [1.165, 1.54) is 5.56 Å². The third-order valence-electron chi connectivity index (χ3n) is 3.28. The Hall–Kier alpha value is -1.51. The van der Waals surface area contributed by atoms with Crippen LogP contribution in [0, 0.1) is 6.92 Å². The Morgan fingerprint density at radius 3 is 2.69 bits per heavy atom. The molecule has 3 heteroatoms. The fourth-order valence-corrected chi connectivity index (χ4v) is 2.04. The molecule has 1 amide bonds. The third-order valence-corrected chi connectivity index (χ3v) is 3.28. The summed E-state index contributed by atoms with van der Waals surface area (Å²) in [5.74, 6) is 0. The van der Waals surface area contributed by atoms with Gasteiger partial charge in [0.15, 0.2) is 0 Å². The highest BCUT2D eigenvalue weighted by molar-refractivity contribution is 5.69. The van der Waals surface area contributed by atoms with Gasteiger partial charge in [-0.1, -0.05) is 24.3 Å². The summed E-state index contributed by atoms with van der Waals surface area (Å²) in [6, 6.07) is 8.29. The summed E-state index contributed by atoms with van der Waals surface area (Å²) in [6.45, 7) is 4.10. The molecule has 2 rings (SSSR count). The lowest BCUT2D eigenvalue weighted by atomic mass is 9.97. The van der Waals surface area contributed by atoms with Gasteiger partial charge in [0.05, 0.1) is 0 Å². The Balaban J connectivity index is 2.24. The van der Waals surface area contributed by atoms with Gasteiger partial charge in [0.1, 0.15) is 6.10 Å². The van der Waals surface area contributed by atoms with E-state index in [2.05, 4.69) is 0 Å². The molecule has 0 radical (unpaired) electrons. The summed E-state index contributed by atoms with van der Waals surface area (Å²) < 4.78 is 5.42. The number of carbonyl (C=O) groups excluding carboxylic acids is 1. The number of rotatable bonds is 1. The van der Waals surface area contributed by atoms with E-state index in [0.29, 0.717) is 0 Å². The molecule has 1 fully saturated rings. The largest absolute Gasteiger partial charge is 0.441 e. The van der Waals surface area contributed by atoms with Crippen LogP contribution in [0.25, 0.3) is 0 Å². The quantitative estimate of drug-likeness (QED) is 0.726. The molecule has 86 valence electrons. The van der Waals surface area contributed by atoms with Crippen molar-refractivity contribution in [2.24, 2.45) is 0 Å². The van der Waals surface area contributed by atoms with Crippen LogP contribution in [0.4, 0.5) is 4.79 Å². The van der Waals surface area contributed by atoms with Crippen LogP contribution in [0.5, 0.6) is 0 Å². The van der Waals surface area contributed by atoms with Crippen molar-refractivity contribution in [1.29, 1.82) is 0 Å². The molecule has 3 nitrogen and oxygen atoms in total. The van der Waals surface area contributed by atoms with Gasteiger partial charge in [-0.15, -0.1) is 0 Å². The highest BCUT2D eigenvalue weighted by atomic mass is 16.6. The van der Waals surface area contributed by atoms with Crippen LogP contribution in [0.1, 0.15) is 30.6 Å². The molecule has 1 saturated heterocycles. The standard InChI is InChI=1S/C13H17NO2/c1-9-6-4-5-7-11(9)12-8-10(2)14(3)13(15)16-12/h4-7,10,12H,8H2,1-3H3/t10-,12-/m1/s1. The maximum absolute atomic E-state index is 11.6. The van der Waals surface area contributed by atoms with Crippen molar-refractivity contribution < 1.29 is 9.53 Å². The Morgan fingerprint density at radius 1 is 1.38 bits per heavy atom. The first-order valence-electron chi connectivity index (χ1n) is 5.58. The smallest absolute Gasteiger partial charge is 0.410 e. The predicted molar refractivity (Wildman–Crippen MR) is 62.2 cm³/mol. The first-order valence-corrected chi connectivity index (χ1v) is 5.58. The maximum atomic E-state index is 11.6. The number of amides is 1. The number of hydrogen-bond donors (Lipinski definition) is 0. The number of nitrogens with zero attached hydrogens (tertiary/aromatic N) is 1. The van der Waals surface area contributed by atoms with Gasteiger partial charge in [0.25, 0.3) is 0 Å². The van der Waals surface area contributed by atoms with Crippen molar-refractivity contribution in [3.63, 3.8) is 0 Å². The first kappa shape index (κ1) is 11.0. The second kappa shape index (κ2) is 4.16. The summed E-state index contributed by atoms with van der Waals surface area (Å²) in [6.07, 6.45) is 0.527. The van der Waals surface area contributed by atoms with Gasteiger partial charge in [-0.25, -0.2) is 4.79 Å². The molecular formula is C13H17NO2. The molecule has 0 N–H and O–H groups in total. The Labute approximate surface area is 96.0 Å². The first-order chi connectivity index (χ1) is 7.59. The number of aryl methyl sites for hydroxylation is 1. The molecule has 0 saturated carbocycles. The number of benzene rings is 1. The van der Waals surface area contributed by atoms with E-state index in [1.54, 1.807) is 11.9 Å². The average molecular weight is 219 g/mol. The second-order valence-electron chi connectivity index (χ2n) is 4.42. The molecule has 0 aliphatic carbocycles. The summed E-state index contributed by atoms with van der Waals surface area (Å²) in [5.41, 5.74) is 2.30. The highest BCUT2D eigenvalue weighted by Crippen LogP contribution is 2.31. The summed E-state index contributed by atoms with van der Waals surface area (Å²) >= 11 is 0. The Morgan fingerprint density at radius 2 is 2.06 bits per heavy atom. The zero-order valence-electron chi connectivity index (χ0n) is 9.93. The summed E-state index contributed by atoms with van der Waals surface area (Å²) in [5, 5.41) is 0. The van der Waals surface area contributed by atoms with Crippen LogP contribution in [0.3, 0.4) is 0 Å². The van der Waals surface area contributed by atoms with Crippen LogP contribution < -0.4 is 0 Å². The van der Waals surface area contributed by atoms with Crippen molar-refractivity contribution >= 4 is 6.09 Å².